The first-order valence-electron chi connectivity index (χ1n) is 1.76. The second-order valence-electron chi connectivity index (χ2n) is 0.968. The van der Waals surface area contributed by atoms with Gasteiger partial charge < -0.3 is 4.84 Å². The van der Waals surface area contributed by atoms with Gasteiger partial charge in [-0.1, -0.05) is 5.17 Å². The van der Waals surface area contributed by atoms with E-state index >= 15 is 0 Å². The second-order valence-corrected chi connectivity index (χ2v) is 0.968. The van der Waals surface area contributed by atoms with E-state index < -0.39 is 0 Å². The fourth-order valence-corrected chi connectivity index (χ4v) is 0.286. The van der Waals surface area contributed by atoms with Crippen LogP contribution in [-0.4, -0.2) is 11.6 Å². The normalized spacial score (nSPS) is 15.7. The van der Waals surface area contributed by atoms with E-state index in [1.807, 2.05) is 0 Å². The van der Waals surface area contributed by atoms with Crippen molar-refractivity contribution in [1.29, 1.82) is 0 Å². The average Bonchev–Trinajstić information content (AvgIpc) is 2.14. The minimum absolute atomic E-state index is 0.528. The summed E-state index contributed by atoms with van der Waals surface area (Å²) in [4.78, 5) is 14.2. The van der Waals surface area contributed by atoms with Gasteiger partial charge in [-0.25, -0.2) is 0 Å². The fraction of sp³-hybridized carbons (Fsp3) is 0. The van der Waals surface area contributed by atoms with Crippen molar-refractivity contribution in [3.05, 3.63) is 12.5 Å². The molecule has 1 amide bonds. The van der Waals surface area contributed by atoms with Crippen molar-refractivity contribution in [3.8, 4) is 0 Å². The molecular weight excluding hydrogens is 96.0 g/mol. The molecule has 0 bridgehead atoms. The number of nitrogens with zero attached hydrogens (tertiary/aromatic N) is 1. The largest absolute Gasteiger partial charge is 0.363 e. The first-order valence-corrected chi connectivity index (χ1v) is 1.76. The maximum atomic E-state index is 9.71. The van der Waals surface area contributed by atoms with Crippen LogP contribution in [0.3, 0.4) is 0 Å². The van der Waals surface area contributed by atoms with Gasteiger partial charge in [-0.05, 0) is 0 Å². The van der Waals surface area contributed by atoms with Gasteiger partial charge in [0.1, 0.15) is 6.26 Å². The molecule has 7 heavy (non-hydrogen) atoms. The predicted molar refractivity (Wildman–Crippen MR) is 21.3 cm³/mol. The number of carbonyl (C=O) groups excluding carboxylic acids is 1. The molecule has 38 valence electrons. The highest BCUT2D eigenvalue weighted by Crippen LogP contribution is 1.87. The van der Waals surface area contributed by atoms with Crippen LogP contribution in [0.1, 0.15) is 0 Å². The number of hydrogen-bond donors (Lipinski definition) is 1. The number of hydroxylamine groups is 1. The minimum Gasteiger partial charge on any atom is -0.363 e. The number of amides is 1. The molecule has 0 saturated carbocycles. The molecular formula is C3H4N2O2. The van der Waals surface area contributed by atoms with Gasteiger partial charge in [0.05, 0.1) is 6.20 Å². The van der Waals surface area contributed by atoms with Crippen LogP contribution in [0.4, 0.5) is 0 Å². The van der Waals surface area contributed by atoms with E-state index in [-0.39, 0.29) is 0 Å². The van der Waals surface area contributed by atoms with E-state index in [0.29, 0.717) is 6.41 Å². The predicted octanol–water partition coefficient (Wildman–Crippen LogP) is -0.634. The Morgan fingerprint density at radius 2 is 2.71 bits per heavy atom. The topological polar surface area (TPSA) is 41.6 Å². The van der Waals surface area contributed by atoms with E-state index in [2.05, 4.69) is 10.3 Å². The van der Waals surface area contributed by atoms with Gasteiger partial charge in [0.15, 0.2) is 0 Å². The van der Waals surface area contributed by atoms with Gasteiger partial charge in [-0.2, -0.15) is 0 Å². The zero-order valence-corrected chi connectivity index (χ0v) is 3.50. The Morgan fingerprint density at radius 3 is 3.00 bits per heavy atom. The number of nitrogens with one attached hydrogen (secondary N) is 1. The van der Waals surface area contributed by atoms with Crippen molar-refractivity contribution >= 4 is 6.41 Å². The van der Waals surface area contributed by atoms with E-state index in [0.717, 1.165) is 5.17 Å². The first kappa shape index (κ1) is 3.98. The highest BCUT2D eigenvalue weighted by atomic mass is 16.7. The molecule has 0 spiro atoms. The molecule has 1 aliphatic heterocycles. The fourth-order valence-electron chi connectivity index (χ4n) is 0.286. The smallest absolute Gasteiger partial charge is 0.265 e. The number of hydrazine groups is 1. The lowest BCUT2D eigenvalue weighted by molar-refractivity contribution is -0.155. The average molecular weight is 100 g/mol. The minimum atomic E-state index is 0.528. The van der Waals surface area contributed by atoms with Crippen molar-refractivity contribution in [2.75, 3.05) is 0 Å². The third kappa shape index (κ3) is 0.623. The second kappa shape index (κ2) is 1.51. The van der Waals surface area contributed by atoms with Crippen LogP contribution in [0, 0.1) is 0 Å². The Bertz CT molecular complexity index is 93.1. The molecule has 1 N–H and O–H groups in total. The Kier molecular flexibility index (Phi) is 0.856. The Labute approximate surface area is 40.3 Å². The molecule has 0 atom stereocenters. The van der Waals surface area contributed by atoms with Crippen LogP contribution in [0.25, 0.3) is 0 Å². The molecule has 4 nitrogen and oxygen atoms in total. The SMILES string of the molecule is O=CN1NC=CO1. The summed E-state index contributed by atoms with van der Waals surface area (Å²) in [6.07, 6.45) is 3.41. The monoisotopic (exact) mass is 100 g/mol. The summed E-state index contributed by atoms with van der Waals surface area (Å²) in [6.45, 7) is 0. The van der Waals surface area contributed by atoms with Crippen LogP contribution in [0.5, 0.6) is 0 Å². The van der Waals surface area contributed by atoms with Crippen LogP contribution in [0.15, 0.2) is 12.5 Å². The lowest BCUT2D eigenvalue weighted by Crippen LogP contribution is -2.26. The standard InChI is InChI=1S/C3H4N2O2/c6-3-5-4-1-2-7-5/h1-4H. The zero-order chi connectivity index (χ0) is 5.11. The van der Waals surface area contributed by atoms with Gasteiger partial charge in [0.25, 0.3) is 6.41 Å². The maximum Gasteiger partial charge on any atom is 0.265 e. The molecule has 1 heterocycles. The summed E-state index contributed by atoms with van der Waals surface area (Å²) in [5, 5.41) is 0.944. The third-order valence-electron chi connectivity index (χ3n) is 0.540. The zero-order valence-electron chi connectivity index (χ0n) is 3.50. The summed E-state index contributed by atoms with van der Waals surface area (Å²) in [7, 11) is 0. The van der Waals surface area contributed by atoms with Gasteiger partial charge in [-0.3, -0.25) is 10.2 Å². The summed E-state index contributed by atoms with van der Waals surface area (Å²) >= 11 is 0. The molecule has 0 aliphatic carbocycles. The summed E-state index contributed by atoms with van der Waals surface area (Å²) in [5.74, 6) is 0. The molecule has 0 radical (unpaired) electrons. The molecule has 0 fully saturated rings. The Hall–Kier alpha value is -1.19. The molecule has 0 aromatic heterocycles. The van der Waals surface area contributed by atoms with Crippen LogP contribution < -0.4 is 5.43 Å². The van der Waals surface area contributed by atoms with Gasteiger partial charge in [0, 0.05) is 0 Å². The maximum absolute atomic E-state index is 9.71. The highest BCUT2D eigenvalue weighted by molar-refractivity contribution is 5.44. The van der Waals surface area contributed by atoms with Crippen LogP contribution in [-0.2, 0) is 9.63 Å². The summed E-state index contributed by atoms with van der Waals surface area (Å²) in [6, 6.07) is 0. The molecule has 1 aliphatic rings. The van der Waals surface area contributed by atoms with Gasteiger partial charge >= 0.3 is 0 Å². The summed E-state index contributed by atoms with van der Waals surface area (Å²) < 4.78 is 0. The Balaban J connectivity index is 2.35. The van der Waals surface area contributed by atoms with Crippen molar-refractivity contribution in [2.45, 2.75) is 0 Å². The van der Waals surface area contributed by atoms with Crippen molar-refractivity contribution in [1.82, 2.24) is 10.6 Å². The van der Waals surface area contributed by atoms with Crippen LogP contribution >= 0.6 is 0 Å². The van der Waals surface area contributed by atoms with Crippen molar-refractivity contribution in [3.63, 3.8) is 0 Å². The van der Waals surface area contributed by atoms with Gasteiger partial charge in [-0.15, -0.1) is 0 Å². The van der Waals surface area contributed by atoms with Crippen molar-refractivity contribution < 1.29 is 9.63 Å². The number of hydrogen-bond acceptors (Lipinski definition) is 3. The number of carbonyl (C=O) groups is 1. The number of rotatable bonds is 1. The third-order valence-corrected chi connectivity index (χ3v) is 0.540. The van der Waals surface area contributed by atoms with Crippen molar-refractivity contribution in [2.24, 2.45) is 0 Å². The lowest BCUT2D eigenvalue weighted by Gasteiger charge is -2.04. The molecule has 1 rings (SSSR count). The summed E-state index contributed by atoms with van der Waals surface area (Å²) in [5.41, 5.74) is 2.47. The van der Waals surface area contributed by atoms with Crippen LogP contribution in [0.2, 0.25) is 0 Å². The quantitative estimate of drug-likeness (QED) is 0.446. The molecule has 0 aromatic carbocycles. The van der Waals surface area contributed by atoms with E-state index in [4.69, 9.17) is 0 Å². The molecule has 0 unspecified atom stereocenters. The first-order chi connectivity index (χ1) is 3.43. The highest BCUT2D eigenvalue weighted by Gasteiger charge is 1.98. The lowest BCUT2D eigenvalue weighted by atomic mass is 11.0. The van der Waals surface area contributed by atoms with E-state index in [1.54, 1.807) is 0 Å². The Morgan fingerprint density at radius 1 is 1.86 bits per heavy atom. The molecule has 0 saturated heterocycles. The van der Waals surface area contributed by atoms with Gasteiger partial charge in [0.2, 0.25) is 0 Å². The molecule has 4 heteroatoms. The van der Waals surface area contributed by atoms with E-state index in [9.17, 15) is 4.79 Å². The van der Waals surface area contributed by atoms with E-state index in [1.165, 1.54) is 12.5 Å². The molecule has 0 aromatic rings.